The van der Waals surface area contributed by atoms with Crippen LogP contribution in [0.15, 0.2) is 36.7 Å². The van der Waals surface area contributed by atoms with Gasteiger partial charge in [0.1, 0.15) is 23.4 Å². The van der Waals surface area contributed by atoms with Crippen LogP contribution in [0, 0.1) is 5.82 Å². The molecule has 5 aromatic rings. The molecule has 0 spiro atoms. The van der Waals surface area contributed by atoms with E-state index in [1.165, 1.54) is 18.2 Å². The summed E-state index contributed by atoms with van der Waals surface area (Å²) in [5.41, 5.74) is 3.28. The quantitative estimate of drug-likeness (QED) is 0.0387. The molecule has 0 saturated carbocycles. The fraction of sp³-hybridized carbons (Fsp3) is 0.511. The van der Waals surface area contributed by atoms with Gasteiger partial charge >= 0.3 is 0 Å². The zero-order chi connectivity index (χ0) is 46.9. The van der Waals surface area contributed by atoms with Gasteiger partial charge in [0, 0.05) is 44.7 Å². The van der Waals surface area contributed by atoms with Crippen LogP contribution in [0.4, 0.5) is 21.8 Å². The maximum atomic E-state index is 15.1. The van der Waals surface area contributed by atoms with Crippen molar-refractivity contribution in [2.45, 2.75) is 110 Å². The Morgan fingerprint density at radius 1 is 0.910 bits per heavy atom. The Labute approximate surface area is 387 Å². The third-order valence-electron chi connectivity index (χ3n) is 12.3. The van der Waals surface area contributed by atoms with E-state index in [1.807, 2.05) is 4.57 Å². The average Bonchev–Trinajstić information content (AvgIpc) is 4.01. The fourth-order valence-corrected chi connectivity index (χ4v) is 8.69. The van der Waals surface area contributed by atoms with E-state index in [0.29, 0.717) is 85.8 Å². The Bertz CT molecular complexity index is 2610. The first-order valence-electron chi connectivity index (χ1n) is 23.5. The second kappa shape index (κ2) is 21.7. The molecule has 0 aliphatic carbocycles. The Hall–Kier alpha value is -6.70. The number of rotatable bonds is 23. The van der Waals surface area contributed by atoms with E-state index < -0.39 is 29.7 Å². The second-order valence-corrected chi connectivity index (χ2v) is 17.5. The molecule has 5 N–H and O–H groups in total. The Morgan fingerprint density at radius 3 is 2.37 bits per heavy atom. The summed E-state index contributed by atoms with van der Waals surface area (Å²) in [6.45, 7) is 8.03. The monoisotopic (exact) mass is 922 g/mol. The van der Waals surface area contributed by atoms with E-state index in [1.54, 1.807) is 18.5 Å². The number of anilines is 3. The van der Waals surface area contributed by atoms with Crippen LogP contribution in [0.2, 0.25) is 0 Å². The number of amides is 5. The zero-order valence-electron chi connectivity index (χ0n) is 38.1. The number of imidazole rings is 2. The Balaban J connectivity index is 0.675. The van der Waals surface area contributed by atoms with E-state index in [9.17, 15) is 24.0 Å². The third-order valence-corrected chi connectivity index (χ3v) is 12.3. The molecule has 8 rings (SSSR count). The second-order valence-electron chi connectivity index (χ2n) is 17.5. The first kappa shape index (κ1) is 46.8. The predicted molar refractivity (Wildman–Crippen MR) is 248 cm³/mol. The van der Waals surface area contributed by atoms with Gasteiger partial charge in [0.2, 0.25) is 17.8 Å². The maximum Gasteiger partial charge on any atom is 0.266 e. The molecule has 6 heterocycles. The van der Waals surface area contributed by atoms with Crippen LogP contribution in [0.25, 0.3) is 22.2 Å². The highest BCUT2D eigenvalue weighted by Crippen LogP contribution is 2.34. The van der Waals surface area contributed by atoms with Gasteiger partial charge in [0.25, 0.3) is 17.7 Å². The van der Waals surface area contributed by atoms with Crippen molar-refractivity contribution in [2.24, 2.45) is 0 Å². The van der Waals surface area contributed by atoms with Crippen LogP contribution in [-0.2, 0) is 25.7 Å². The first-order chi connectivity index (χ1) is 32.5. The number of nitrogens with one attached hydrogen (secondary N) is 5. The number of benzene rings is 2. The summed E-state index contributed by atoms with van der Waals surface area (Å²) in [5.74, 6) is -1.15. The highest BCUT2D eigenvalue weighted by atomic mass is 19.1. The molecule has 3 aliphatic rings. The number of fused-ring (bicyclic) bond motifs is 3. The van der Waals surface area contributed by atoms with Crippen LogP contribution in [-0.4, -0.2) is 116 Å². The predicted octanol–water partition coefficient (Wildman–Crippen LogP) is 5.78. The molecule has 2 aromatic carbocycles. The smallest absolute Gasteiger partial charge is 0.266 e. The van der Waals surface area contributed by atoms with Crippen molar-refractivity contribution >= 4 is 69.2 Å². The third kappa shape index (κ3) is 11.1. The number of H-pyrrole nitrogens is 1. The van der Waals surface area contributed by atoms with Crippen molar-refractivity contribution in [3.63, 3.8) is 0 Å². The summed E-state index contributed by atoms with van der Waals surface area (Å²) in [6, 6.07) is 6.87. The summed E-state index contributed by atoms with van der Waals surface area (Å²) in [6.07, 6.45) is 12.4. The minimum atomic E-state index is -1.08. The normalized spacial score (nSPS) is 16.3. The van der Waals surface area contributed by atoms with Gasteiger partial charge in [-0.05, 0) is 51.3 Å². The molecule has 5 amide bonds. The summed E-state index contributed by atoms with van der Waals surface area (Å²) < 4.78 is 28.3. The molecule has 67 heavy (non-hydrogen) atoms. The first-order valence-corrected chi connectivity index (χ1v) is 23.5. The number of imide groups is 2. The molecule has 1 unspecified atom stereocenters. The van der Waals surface area contributed by atoms with Crippen LogP contribution < -0.4 is 30.9 Å². The summed E-state index contributed by atoms with van der Waals surface area (Å²) in [7, 11) is 0. The topological polar surface area (TPSA) is 231 Å². The lowest BCUT2D eigenvalue weighted by molar-refractivity contribution is -0.136. The van der Waals surface area contributed by atoms with Gasteiger partial charge in [-0.3, -0.25) is 34.2 Å². The SMILES string of the molecule is CC(C)n1cnc2c(NCc3nc4cc(NCCCCCCCCCCCCNC(=O)COc5cccc6c5C(=O)N(C5CCC(=O)NC5=O)C6=O)c(F)cc4[nH]3)nc(N3CCOCC3)nc21. The van der Waals surface area contributed by atoms with E-state index >= 15 is 4.39 Å². The zero-order valence-corrected chi connectivity index (χ0v) is 38.1. The Morgan fingerprint density at radius 2 is 1.64 bits per heavy atom. The van der Waals surface area contributed by atoms with Crippen molar-refractivity contribution in [3.05, 3.63) is 59.4 Å². The Kier molecular flexibility index (Phi) is 15.2. The molecule has 3 aromatic heterocycles. The lowest BCUT2D eigenvalue weighted by atomic mass is 10.0. The van der Waals surface area contributed by atoms with E-state index in [2.05, 4.69) is 50.0 Å². The van der Waals surface area contributed by atoms with Gasteiger partial charge in [-0.2, -0.15) is 9.97 Å². The number of unbranched alkanes of at least 4 members (excludes halogenated alkanes) is 9. The van der Waals surface area contributed by atoms with Gasteiger partial charge in [0.15, 0.2) is 23.6 Å². The van der Waals surface area contributed by atoms with Crippen molar-refractivity contribution < 1.29 is 37.8 Å². The number of carbonyl (C=O) groups excluding carboxylic acids is 5. The lowest BCUT2D eigenvalue weighted by Gasteiger charge is -2.27. The number of piperidine rings is 1. The van der Waals surface area contributed by atoms with Crippen molar-refractivity contribution in [2.75, 3.05) is 61.5 Å². The molecule has 19 nitrogen and oxygen atoms in total. The number of carbonyl (C=O) groups is 5. The van der Waals surface area contributed by atoms with Gasteiger partial charge in [0.05, 0.1) is 53.9 Å². The summed E-state index contributed by atoms with van der Waals surface area (Å²) >= 11 is 0. The molecule has 2 fully saturated rings. The van der Waals surface area contributed by atoms with Crippen molar-refractivity contribution in [1.29, 1.82) is 0 Å². The highest BCUT2D eigenvalue weighted by Gasteiger charge is 2.46. The number of hydrogen-bond acceptors (Lipinski definition) is 14. The number of halogens is 1. The number of aromatic nitrogens is 6. The lowest BCUT2D eigenvalue weighted by Crippen LogP contribution is -2.54. The van der Waals surface area contributed by atoms with E-state index in [0.717, 1.165) is 74.8 Å². The van der Waals surface area contributed by atoms with Crippen LogP contribution >= 0.6 is 0 Å². The van der Waals surface area contributed by atoms with Crippen LogP contribution in [0.5, 0.6) is 5.75 Å². The van der Waals surface area contributed by atoms with Crippen molar-refractivity contribution in [3.8, 4) is 5.75 Å². The largest absolute Gasteiger partial charge is 0.483 e. The van der Waals surface area contributed by atoms with Crippen LogP contribution in [0.3, 0.4) is 0 Å². The molecule has 0 radical (unpaired) electrons. The average molecular weight is 923 g/mol. The molecule has 356 valence electrons. The van der Waals surface area contributed by atoms with Crippen molar-refractivity contribution in [1.82, 2.24) is 45.0 Å². The summed E-state index contributed by atoms with van der Waals surface area (Å²) in [5, 5.41) is 11.7. The minimum Gasteiger partial charge on any atom is -0.483 e. The summed E-state index contributed by atoms with van der Waals surface area (Å²) in [4.78, 5) is 88.0. The standard InChI is InChI=1S/C47H59FN12O7/c1-29(2)59-28-52-41-42(56-47(57-43(41)59)58-20-22-66-23-21-58)51-26-37-53-33-24-31(48)32(25-34(33)54-37)49-18-11-9-7-5-3-4-6-8-10-12-19-50-39(62)27-67-36-15-13-14-30-40(36)46(65)60(45(30)64)35-16-17-38(61)55-44(35)63/h13-15,24-25,28-29,35,49H,3-12,16-23,26-27H2,1-2H3,(H,50,62)(H,53,54)(H,51,56,57)(H,55,61,63). The van der Waals surface area contributed by atoms with Crippen LogP contribution in [0.1, 0.15) is 123 Å². The fourth-order valence-electron chi connectivity index (χ4n) is 8.69. The number of hydrogen-bond donors (Lipinski definition) is 5. The number of ether oxygens (including phenoxy) is 2. The van der Waals surface area contributed by atoms with Gasteiger partial charge in [-0.1, -0.05) is 57.4 Å². The molecule has 0 bridgehead atoms. The number of nitrogens with zero attached hydrogens (tertiary/aromatic N) is 7. The van der Waals surface area contributed by atoms with Gasteiger partial charge < -0.3 is 39.9 Å². The molecular formula is C47H59FN12O7. The number of aromatic amines is 1. The molecule has 3 aliphatic heterocycles. The van der Waals surface area contributed by atoms with E-state index in [-0.39, 0.29) is 54.1 Å². The minimum absolute atomic E-state index is 0.00933. The maximum absolute atomic E-state index is 15.1. The van der Waals surface area contributed by atoms with Gasteiger partial charge in [-0.25, -0.2) is 14.4 Å². The molecular weight excluding hydrogens is 864 g/mol. The number of morpholine rings is 1. The highest BCUT2D eigenvalue weighted by molar-refractivity contribution is 6.24. The van der Waals surface area contributed by atoms with E-state index in [4.69, 9.17) is 24.4 Å². The molecule has 2 saturated heterocycles. The molecule has 20 heteroatoms. The molecule has 1 atom stereocenters. The van der Waals surface area contributed by atoms with Gasteiger partial charge in [-0.15, -0.1) is 0 Å².